The molecule has 0 bridgehead atoms. The minimum absolute atomic E-state index is 0.182. The lowest BCUT2D eigenvalue weighted by Crippen LogP contribution is -2.36. The maximum absolute atomic E-state index is 12.9. The fourth-order valence-corrected chi connectivity index (χ4v) is 4.52. The highest BCUT2D eigenvalue weighted by Crippen LogP contribution is 2.41. The smallest absolute Gasteiger partial charge is 0.262 e. The van der Waals surface area contributed by atoms with E-state index >= 15 is 0 Å². The third-order valence-electron chi connectivity index (χ3n) is 5.28. The van der Waals surface area contributed by atoms with Crippen molar-refractivity contribution >= 4 is 38.6 Å². The first-order valence-electron chi connectivity index (χ1n) is 8.42. The van der Waals surface area contributed by atoms with Gasteiger partial charge in [-0.05, 0) is 55.2 Å². The average molecular weight is 395 g/mol. The van der Waals surface area contributed by atoms with Gasteiger partial charge in [0.15, 0.2) is 0 Å². The normalized spacial score (nSPS) is 19.4. The molecule has 2 amide bonds. The number of aromatic amines is 1. The Labute approximate surface area is 153 Å². The molecule has 1 aliphatic heterocycles. The first kappa shape index (κ1) is 14.9. The zero-order valence-corrected chi connectivity index (χ0v) is 15.0. The summed E-state index contributed by atoms with van der Waals surface area (Å²) in [5.74, 6) is -0.364. The molecule has 1 unspecified atom stereocenters. The van der Waals surface area contributed by atoms with Crippen LogP contribution < -0.4 is 0 Å². The number of nitrogens with zero attached hydrogens (tertiary/aromatic N) is 1. The monoisotopic (exact) mass is 394 g/mol. The Morgan fingerprint density at radius 1 is 1.04 bits per heavy atom. The summed E-state index contributed by atoms with van der Waals surface area (Å²) in [5.41, 5.74) is 4.31. The quantitative estimate of drug-likeness (QED) is 0.612. The number of benzene rings is 2. The number of imide groups is 1. The molecule has 4 nitrogen and oxygen atoms in total. The first-order chi connectivity index (χ1) is 12.1. The summed E-state index contributed by atoms with van der Waals surface area (Å²) in [5, 5.41) is 1.17. The van der Waals surface area contributed by atoms with E-state index < -0.39 is 0 Å². The number of amides is 2. The van der Waals surface area contributed by atoms with Crippen molar-refractivity contribution in [2.45, 2.75) is 25.3 Å². The molecule has 0 saturated heterocycles. The maximum Gasteiger partial charge on any atom is 0.262 e. The van der Waals surface area contributed by atoms with Crippen molar-refractivity contribution in [3.8, 4) is 0 Å². The number of carbonyl (C=O) groups excluding carboxylic acids is 2. The Balaban J connectivity index is 1.65. The number of halogens is 1. The molecule has 5 heteroatoms. The lowest BCUT2D eigenvalue weighted by atomic mass is 9.90. The van der Waals surface area contributed by atoms with Crippen LogP contribution >= 0.6 is 15.9 Å². The van der Waals surface area contributed by atoms with Crippen molar-refractivity contribution in [2.75, 3.05) is 0 Å². The number of aryl methyl sites for hydroxylation is 1. The predicted octanol–water partition coefficient (Wildman–Crippen LogP) is 4.60. The Morgan fingerprint density at radius 3 is 2.48 bits per heavy atom. The van der Waals surface area contributed by atoms with Gasteiger partial charge in [0.2, 0.25) is 0 Å². The van der Waals surface area contributed by atoms with E-state index in [2.05, 4.69) is 27.0 Å². The van der Waals surface area contributed by atoms with Crippen LogP contribution in [-0.4, -0.2) is 21.7 Å². The van der Waals surface area contributed by atoms with E-state index in [0.717, 1.165) is 34.9 Å². The highest BCUT2D eigenvalue weighted by Gasteiger charge is 2.42. The van der Waals surface area contributed by atoms with E-state index in [0.29, 0.717) is 11.1 Å². The number of aromatic nitrogens is 1. The van der Waals surface area contributed by atoms with Gasteiger partial charge in [0.05, 0.1) is 17.2 Å². The summed E-state index contributed by atoms with van der Waals surface area (Å²) in [6.45, 7) is 0. The van der Waals surface area contributed by atoms with E-state index in [1.54, 1.807) is 24.3 Å². The maximum atomic E-state index is 12.9. The van der Waals surface area contributed by atoms with E-state index in [9.17, 15) is 9.59 Å². The van der Waals surface area contributed by atoms with Crippen LogP contribution in [0.5, 0.6) is 0 Å². The Hall–Kier alpha value is -2.40. The van der Waals surface area contributed by atoms with Gasteiger partial charge < -0.3 is 4.98 Å². The summed E-state index contributed by atoms with van der Waals surface area (Å²) in [6, 6.07) is 13.0. The molecule has 0 radical (unpaired) electrons. The number of nitrogens with one attached hydrogen (secondary N) is 1. The van der Waals surface area contributed by atoms with E-state index in [1.807, 2.05) is 12.1 Å². The summed E-state index contributed by atoms with van der Waals surface area (Å²) in [6.07, 6.45) is 2.72. The highest BCUT2D eigenvalue weighted by atomic mass is 79.9. The van der Waals surface area contributed by atoms with Gasteiger partial charge in [-0.3, -0.25) is 14.5 Å². The topological polar surface area (TPSA) is 53.2 Å². The number of hydrogen-bond acceptors (Lipinski definition) is 2. The van der Waals surface area contributed by atoms with E-state index in [-0.39, 0.29) is 17.9 Å². The molecule has 2 heterocycles. The molecule has 1 atom stereocenters. The molecule has 1 aliphatic carbocycles. The lowest BCUT2D eigenvalue weighted by Gasteiger charge is -2.29. The van der Waals surface area contributed by atoms with Crippen LogP contribution in [0.2, 0.25) is 0 Å². The van der Waals surface area contributed by atoms with Gasteiger partial charge in [-0.1, -0.05) is 28.1 Å². The molecule has 1 N–H and O–H groups in total. The van der Waals surface area contributed by atoms with Gasteiger partial charge in [-0.2, -0.15) is 0 Å². The molecule has 0 spiro atoms. The molecule has 1 aromatic heterocycles. The average Bonchev–Trinajstić information content (AvgIpc) is 3.11. The van der Waals surface area contributed by atoms with Crippen LogP contribution in [0.3, 0.4) is 0 Å². The predicted molar refractivity (Wildman–Crippen MR) is 98.6 cm³/mol. The van der Waals surface area contributed by atoms with Gasteiger partial charge in [-0.25, -0.2) is 0 Å². The first-order valence-corrected chi connectivity index (χ1v) is 9.21. The van der Waals surface area contributed by atoms with Crippen molar-refractivity contribution in [3.63, 3.8) is 0 Å². The third-order valence-corrected chi connectivity index (χ3v) is 5.77. The standard InChI is InChI=1S/C20H15BrN2O2/c21-11-8-9-16-15(10-11)12-6-3-7-17(18(12)22-16)23-19(24)13-4-1-2-5-14(13)20(23)25/h1-2,4-5,8-10,17,22H,3,6-7H2. The number of H-pyrrole nitrogens is 1. The highest BCUT2D eigenvalue weighted by molar-refractivity contribution is 9.10. The molecule has 0 fully saturated rings. The van der Waals surface area contributed by atoms with Crippen LogP contribution in [0.25, 0.3) is 10.9 Å². The lowest BCUT2D eigenvalue weighted by molar-refractivity contribution is 0.0563. The van der Waals surface area contributed by atoms with Crippen LogP contribution in [-0.2, 0) is 6.42 Å². The van der Waals surface area contributed by atoms with Crippen molar-refractivity contribution in [2.24, 2.45) is 0 Å². The minimum Gasteiger partial charge on any atom is -0.356 e. The molecular formula is C20H15BrN2O2. The van der Waals surface area contributed by atoms with Crippen molar-refractivity contribution in [1.82, 2.24) is 9.88 Å². The third kappa shape index (κ3) is 2.05. The number of hydrogen-bond donors (Lipinski definition) is 1. The second-order valence-corrected chi connectivity index (χ2v) is 7.56. The zero-order valence-electron chi connectivity index (χ0n) is 13.4. The van der Waals surface area contributed by atoms with E-state index in [4.69, 9.17) is 0 Å². The fraction of sp³-hybridized carbons (Fsp3) is 0.200. The van der Waals surface area contributed by atoms with Crippen molar-refractivity contribution in [3.05, 3.63) is 69.3 Å². The molecule has 25 heavy (non-hydrogen) atoms. The van der Waals surface area contributed by atoms with Crippen LogP contribution in [0.1, 0.15) is 50.9 Å². The van der Waals surface area contributed by atoms with Gasteiger partial charge in [-0.15, -0.1) is 0 Å². The summed E-state index contributed by atoms with van der Waals surface area (Å²) in [4.78, 5) is 30.7. The van der Waals surface area contributed by atoms with Crippen LogP contribution in [0.4, 0.5) is 0 Å². The summed E-state index contributed by atoms with van der Waals surface area (Å²) < 4.78 is 1.03. The SMILES string of the molecule is O=C1c2ccccc2C(=O)N1C1CCCc2c1[nH]c1ccc(Br)cc21. The minimum atomic E-state index is -0.220. The molecule has 3 aromatic rings. The number of carbonyl (C=O) groups is 2. The molecule has 2 aromatic carbocycles. The summed E-state index contributed by atoms with van der Waals surface area (Å²) in [7, 11) is 0. The molecule has 0 saturated carbocycles. The van der Waals surface area contributed by atoms with Crippen molar-refractivity contribution in [1.29, 1.82) is 0 Å². The number of rotatable bonds is 1. The molecule has 5 rings (SSSR count). The zero-order chi connectivity index (χ0) is 17.1. The Morgan fingerprint density at radius 2 is 1.76 bits per heavy atom. The number of fused-ring (bicyclic) bond motifs is 4. The molecule has 2 aliphatic rings. The largest absolute Gasteiger partial charge is 0.356 e. The van der Waals surface area contributed by atoms with Gasteiger partial charge in [0, 0.05) is 21.1 Å². The second-order valence-electron chi connectivity index (χ2n) is 6.64. The molecule has 124 valence electrons. The van der Waals surface area contributed by atoms with Crippen LogP contribution in [0.15, 0.2) is 46.9 Å². The molecular weight excluding hydrogens is 380 g/mol. The van der Waals surface area contributed by atoms with Crippen LogP contribution in [0, 0.1) is 0 Å². The summed E-state index contributed by atoms with van der Waals surface area (Å²) >= 11 is 3.53. The van der Waals surface area contributed by atoms with Crippen molar-refractivity contribution < 1.29 is 9.59 Å². The van der Waals surface area contributed by atoms with Gasteiger partial charge in [0.25, 0.3) is 11.8 Å². The Bertz CT molecular complexity index is 1020. The van der Waals surface area contributed by atoms with Gasteiger partial charge in [0.1, 0.15) is 0 Å². The van der Waals surface area contributed by atoms with E-state index in [1.165, 1.54) is 15.8 Å². The second kappa shape index (κ2) is 5.30. The van der Waals surface area contributed by atoms with Gasteiger partial charge >= 0.3 is 0 Å². The fourth-order valence-electron chi connectivity index (χ4n) is 4.16. The Kier molecular flexibility index (Phi) is 3.16.